The van der Waals surface area contributed by atoms with E-state index in [2.05, 4.69) is 19.9 Å². The van der Waals surface area contributed by atoms with E-state index in [1.54, 1.807) is 24.3 Å². The van der Waals surface area contributed by atoms with Crippen LogP contribution in [0.15, 0.2) is 60.3 Å². The van der Waals surface area contributed by atoms with Gasteiger partial charge >= 0.3 is 5.97 Å². The van der Waals surface area contributed by atoms with Crippen LogP contribution in [0.4, 0.5) is 5.69 Å². The fourth-order valence-electron chi connectivity index (χ4n) is 3.67. The topological polar surface area (TPSA) is 63.7 Å². The number of fused-ring (bicyclic) bond motifs is 1. The minimum absolute atomic E-state index is 0.0147. The number of hydrogen-bond donors (Lipinski definition) is 0. The predicted octanol–water partition coefficient (Wildman–Crippen LogP) is 4.73. The van der Waals surface area contributed by atoms with Gasteiger partial charge in [0.05, 0.1) is 6.42 Å². The molecule has 30 heavy (non-hydrogen) atoms. The maximum Gasteiger partial charge on any atom is 0.306 e. The Hall–Kier alpha value is -2.92. The van der Waals surface area contributed by atoms with Crippen LogP contribution in [0.3, 0.4) is 0 Å². The van der Waals surface area contributed by atoms with Gasteiger partial charge in [-0.15, -0.1) is 0 Å². The third kappa shape index (κ3) is 4.62. The van der Waals surface area contributed by atoms with Crippen molar-refractivity contribution in [3.05, 3.63) is 76.5 Å². The van der Waals surface area contributed by atoms with Gasteiger partial charge in [0, 0.05) is 46.9 Å². The number of esters is 1. The molecule has 0 saturated carbocycles. The van der Waals surface area contributed by atoms with E-state index in [1.165, 1.54) is 6.08 Å². The number of anilines is 1. The van der Waals surface area contributed by atoms with E-state index < -0.39 is 5.97 Å². The Morgan fingerprint density at radius 1 is 1.03 bits per heavy atom. The molecule has 0 aromatic heterocycles. The van der Waals surface area contributed by atoms with Crippen LogP contribution in [0.5, 0.6) is 0 Å². The molecule has 0 aliphatic carbocycles. The monoisotopic (exact) mass is 425 g/mol. The highest BCUT2D eigenvalue weighted by atomic mass is 35.5. The molecule has 0 fully saturated rings. The molecule has 0 radical (unpaired) electrons. The zero-order valence-electron chi connectivity index (χ0n) is 17.3. The molecule has 3 rings (SSSR count). The number of likely N-dealkylation sites (N-methyl/N-ethyl adjacent to an activating group) is 1. The first-order valence-corrected chi connectivity index (χ1v) is 10.1. The zero-order chi connectivity index (χ0) is 21.9. The van der Waals surface area contributed by atoms with E-state index in [0.29, 0.717) is 10.6 Å². The Labute approximate surface area is 181 Å². The maximum absolute atomic E-state index is 12.4. The highest BCUT2D eigenvalue weighted by Gasteiger charge is 2.38. The quantitative estimate of drug-likeness (QED) is 0.364. The Morgan fingerprint density at radius 2 is 1.70 bits per heavy atom. The van der Waals surface area contributed by atoms with Crippen LogP contribution in [-0.2, 0) is 19.7 Å². The summed E-state index contributed by atoms with van der Waals surface area (Å²) in [5.74, 6) is -1.05. The molecule has 0 amide bonds. The highest BCUT2D eigenvalue weighted by Crippen LogP contribution is 2.46. The molecule has 2 aromatic carbocycles. The Bertz CT molecular complexity index is 1010. The summed E-state index contributed by atoms with van der Waals surface area (Å²) in [4.78, 5) is 38.5. The second kappa shape index (κ2) is 8.84. The molecule has 5 nitrogen and oxygen atoms in total. The van der Waals surface area contributed by atoms with Gasteiger partial charge in [0.15, 0.2) is 18.2 Å². The summed E-state index contributed by atoms with van der Waals surface area (Å²) in [5.41, 5.74) is 3.21. The average molecular weight is 426 g/mol. The number of rotatable bonds is 7. The molecule has 2 aromatic rings. The van der Waals surface area contributed by atoms with Gasteiger partial charge in [-0.1, -0.05) is 43.6 Å². The number of ether oxygens (including phenoxy) is 1. The van der Waals surface area contributed by atoms with Crippen molar-refractivity contribution in [2.24, 2.45) is 0 Å². The van der Waals surface area contributed by atoms with E-state index in [9.17, 15) is 14.4 Å². The standard InChI is InChI=1S/C24H24ClNO4/c1-24(2)19-6-4-5-7-20(19)26(3)22(24)14-18(27)15-30-23(29)13-12-21(28)16-8-10-17(25)11-9-16/h4-11,14H,12-13,15H2,1-3H3/b22-14-. The van der Waals surface area contributed by atoms with Crippen LogP contribution in [0.1, 0.15) is 42.6 Å². The summed E-state index contributed by atoms with van der Waals surface area (Å²) in [6.45, 7) is 3.77. The highest BCUT2D eigenvalue weighted by molar-refractivity contribution is 6.30. The minimum atomic E-state index is -0.577. The number of benzene rings is 2. The van der Waals surface area contributed by atoms with E-state index >= 15 is 0 Å². The third-order valence-electron chi connectivity index (χ3n) is 5.34. The van der Waals surface area contributed by atoms with Crippen LogP contribution >= 0.6 is 11.6 Å². The van der Waals surface area contributed by atoms with Crippen molar-refractivity contribution in [3.8, 4) is 0 Å². The van der Waals surface area contributed by atoms with Crippen LogP contribution in [0.2, 0.25) is 5.02 Å². The van der Waals surface area contributed by atoms with Gasteiger partial charge in [-0.3, -0.25) is 14.4 Å². The predicted molar refractivity (Wildman–Crippen MR) is 117 cm³/mol. The number of ketones is 2. The van der Waals surface area contributed by atoms with Crippen molar-refractivity contribution in [1.82, 2.24) is 0 Å². The summed E-state index contributed by atoms with van der Waals surface area (Å²) in [6, 6.07) is 14.5. The normalized spacial score (nSPS) is 15.7. The number of allylic oxidation sites excluding steroid dienone is 1. The minimum Gasteiger partial charge on any atom is -0.457 e. The summed E-state index contributed by atoms with van der Waals surface area (Å²) >= 11 is 5.80. The van der Waals surface area contributed by atoms with Gasteiger partial charge < -0.3 is 9.64 Å². The lowest BCUT2D eigenvalue weighted by Crippen LogP contribution is -2.25. The van der Waals surface area contributed by atoms with Crippen LogP contribution in [-0.4, -0.2) is 31.2 Å². The fourth-order valence-corrected chi connectivity index (χ4v) is 3.80. The summed E-state index contributed by atoms with van der Waals surface area (Å²) < 4.78 is 5.08. The van der Waals surface area contributed by atoms with E-state index in [4.69, 9.17) is 16.3 Å². The summed E-state index contributed by atoms with van der Waals surface area (Å²) in [5, 5.41) is 0.540. The zero-order valence-corrected chi connectivity index (χ0v) is 18.0. The Kier molecular flexibility index (Phi) is 6.42. The van der Waals surface area contributed by atoms with Crippen molar-refractivity contribution in [3.63, 3.8) is 0 Å². The van der Waals surface area contributed by atoms with Crippen molar-refractivity contribution >= 4 is 34.8 Å². The lowest BCUT2D eigenvalue weighted by Gasteiger charge is -2.23. The molecule has 1 aliphatic heterocycles. The van der Waals surface area contributed by atoms with Gasteiger partial charge in [-0.05, 0) is 35.9 Å². The van der Waals surface area contributed by atoms with Gasteiger partial charge in [0.1, 0.15) is 0 Å². The first kappa shape index (κ1) is 21.8. The van der Waals surface area contributed by atoms with Crippen LogP contribution in [0, 0.1) is 0 Å². The molecule has 0 spiro atoms. The number of para-hydroxylation sites is 1. The van der Waals surface area contributed by atoms with E-state index in [-0.39, 0.29) is 36.4 Å². The Morgan fingerprint density at radius 3 is 2.37 bits per heavy atom. The smallest absolute Gasteiger partial charge is 0.306 e. The van der Waals surface area contributed by atoms with Gasteiger partial charge in [-0.25, -0.2) is 0 Å². The lowest BCUT2D eigenvalue weighted by atomic mass is 9.83. The molecule has 1 aliphatic rings. The van der Waals surface area contributed by atoms with Crippen LogP contribution < -0.4 is 4.90 Å². The second-order valence-corrected chi connectivity index (χ2v) is 8.22. The van der Waals surface area contributed by atoms with Gasteiger partial charge in [0.25, 0.3) is 0 Å². The Balaban J connectivity index is 1.54. The number of Topliss-reactive ketones (excluding diaryl/α,β-unsaturated/α-hetero) is 1. The molecule has 0 N–H and O–H groups in total. The molecule has 0 unspecified atom stereocenters. The van der Waals surface area contributed by atoms with Crippen molar-refractivity contribution in [1.29, 1.82) is 0 Å². The number of hydrogen-bond acceptors (Lipinski definition) is 5. The second-order valence-electron chi connectivity index (χ2n) is 7.79. The maximum atomic E-state index is 12.4. The molecular weight excluding hydrogens is 402 g/mol. The molecule has 0 atom stereocenters. The van der Waals surface area contributed by atoms with Gasteiger partial charge in [0.2, 0.25) is 0 Å². The molecule has 6 heteroatoms. The molecular formula is C24H24ClNO4. The first-order chi connectivity index (χ1) is 14.2. The van der Waals surface area contributed by atoms with Crippen molar-refractivity contribution in [2.45, 2.75) is 32.1 Å². The molecule has 0 bridgehead atoms. The molecule has 156 valence electrons. The largest absolute Gasteiger partial charge is 0.457 e. The van der Waals surface area contributed by atoms with Crippen molar-refractivity contribution < 1.29 is 19.1 Å². The molecule has 0 saturated heterocycles. The fraction of sp³-hybridized carbons (Fsp3) is 0.292. The van der Waals surface area contributed by atoms with Crippen molar-refractivity contribution in [2.75, 3.05) is 18.6 Å². The van der Waals surface area contributed by atoms with E-state index in [0.717, 1.165) is 16.9 Å². The van der Waals surface area contributed by atoms with E-state index in [1.807, 2.05) is 30.1 Å². The number of carbonyl (C=O) groups excluding carboxylic acids is 3. The number of nitrogens with zero attached hydrogens (tertiary/aromatic N) is 1. The molecule has 1 heterocycles. The first-order valence-electron chi connectivity index (χ1n) is 9.73. The number of halogens is 1. The SMILES string of the molecule is CN1/C(=C\C(=O)COC(=O)CCC(=O)c2ccc(Cl)cc2)C(C)(C)c2ccccc21. The number of carbonyl (C=O) groups is 3. The van der Waals surface area contributed by atoms with Gasteiger partial charge in [-0.2, -0.15) is 0 Å². The average Bonchev–Trinajstić information content (AvgIpc) is 2.92. The lowest BCUT2D eigenvalue weighted by molar-refractivity contribution is -0.146. The third-order valence-corrected chi connectivity index (χ3v) is 5.59. The summed E-state index contributed by atoms with van der Waals surface area (Å²) in [6.07, 6.45) is 1.47. The van der Waals surface area contributed by atoms with Crippen LogP contribution in [0.25, 0.3) is 0 Å². The summed E-state index contributed by atoms with van der Waals surface area (Å²) in [7, 11) is 1.92.